The Hall–Kier alpha value is -3.54. The summed E-state index contributed by atoms with van der Waals surface area (Å²) in [5, 5.41) is 17.6. The Morgan fingerprint density at radius 2 is 1.76 bits per heavy atom. The number of hydrogen-bond acceptors (Lipinski definition) is 7. The van der Waals surface area contributed by atoms with Crippen LogP contribution in [0.25, 0.3) is 0 Å². The number of phenols is 1. The highest BCUT2D eigenvalue weighted by atomic mass is 32.2. The largest absolute Gasteiger partial charge is 0.508 e. The monoisotopic (exact) mass is 546 g/mol. The van der Waals surface area contributed by atoms with Crippen molar-refractivity contribution in [3.63, 3.8) is 0 Å². The van der Waals surface area contributed by atoms with Crippen molar-refractivity contribution in [3.8, 4) is 5.75 Å². The molecule has 0 aliphatic carbocycles. The number of aromatic amines is 1. The third-order valence-corrected chi connectivity index (χ3v) is 6.90. The van der Waals surface area contributed by atoms with Crippen molar-refractivity contribution in [3.05, 3.63) is 48.0 Å². The van der Waals surface area contributed by atoms with E-state index >= 15 is 0 Å². The van der Waals surface area contributed by atoms with E-state index in [1.54, 1.807) is 30.5 Å². The van der Waals surface area contributed by atoms with Crippen molar-refractivity contribution in [2.24, 2.45) is 11.7 Å². The van der Waals surface area contributed by atoms with E-state index in [0.717, 1.165) is 5.56 Å². The van der Waals surface area contributed by atoms with Crippen molar-refractivity contribution in [2.75, 3.05) is 12.0 Å². The number of aromatic nitrogens is 2. The third-order valence-electron chi connectivity index (χ3n) is 6.26. The van der Waals surface area contributed by atoms with Crippen molar-refractivity contribution >= 4 is 35.4 Å². The summed E-state index contributed by atoms with van der Waals surface area (Å²) >= 11 is 1.52. The molecule has 38 heavy (non-hydrogen) atoms. The van der Waals surface area contributed by atoms with Crippen LogP contribution >= 0.6 is 11.8 Å². The van der Waals surface area contributed by atoms with Gasteiger partial charge in [0, 0.05) is 19.0 Å². The first-order valence-electron chi connectivity index (χ1n) is 12.6. The van der Waals surface area contributed by atoms with Gasteiger partial charge in [-0.05, 0) is 48.5 Å². The molecule has 2 aromatic rings. The number of aryl methyl sites for hydroxylation is 1. The molecule has 208 valence electrons. The molecule has 1 heterocycles. The molecule has 0 radical (unpaired) electrons. The van der Waals surface area contributed by atoms with E-state index < -0.39 is 35.8 Å². The molecule has 0 spiro atoms. The van der Waals surface area contributed by atoms with E-state index in [-0.39, 0.29) is 30.4 Å². The maximum Gasteiger partial charge on any atom is 0.243 e. The molecule has 0 saturated carbocycles. The van der Waals surface area contributed by atoms with Gasteiger partial charge in [-0.25, -0.2) is 4.98 Å². The van der Waals surface area contributed by atoms with Gasteiger partial charge in [0.05, 0.1) is 12.0 Å². The standard InChI is InChI=1S/C26H38N6O5S/c1-4-16(2)23(32-22(34)10-7-17-5-8-19(33)9-6-17)26(37)31-21(13-18-14-28-15-29-18)25(36)30-20(24(27)35)11-12-38-3/h5-6,8-9,14-16,20-21,23,33H,4,7,10-13H2,1-3H3,(H2,27,35)(H,28,29)(H,30,36)(H,31,37)(H,32,34)/t16-,20-,21-,23-/m0/s1. The highest BCUT2D eigenvalue weighted by molar-refractivity contribution is 7.98. The first kappa shape index (κ1) is 30.7. The van der Waals surface area contributed by atoms with Crippen LogP contribution in [-0.2, 0) is 32.0 Å². The number of carbonyl (C=O) groups excluding carboxylic acids is 4. The molecule has 4 atom stereocenters. The zero-order valence-corrected chi connectivity index (χ0v) is 22.8. The molecule has 12 heteroatoms. The number of nitrogens with one attached hydrogen (secondary N) is 4. The van der Waals surface area contributed by atoms with Crippen LogP contribution in [0.3, 0.4) is 0 Å². The van der Waals surface area contributed by atoms with Gasteiger partial charge in [-0.2, -0.15) is 11.8 Å². The molecule has 11 nitrogen and oxygen atoms in total. The SMILES string of the molecule is CC[C@H](C)[C@H](NC(=O)CCc1ccc(O)cc1)C(=O)N[C@@H](Cc1c[nH]cn1)C(=O)N[C@@H](CCSC)C(N)=O. The fraction of sp³-hybridized carbons (Fsp3) is 0.500. The number of carbonyl (C=O) groups is 4. The summed E-state index contributed by atoms with van der Waals surface area (Å²) in [6.45, 7) is 3.75. The van der Waals surface area contributed by atoms with Gasteiger partial charge >= 0.3 is 0 Å². The lowest BCUT2D eigenvalue weighted by molar-refractivity contribution is -0.134. The minimum atomic E-state index is -1.04. The quantitative estimate of drug-likeness (QED) is 0.182. The molecular weight excluding hydrogens is 508 g/mol. The average molecular weight is 547 g/mol. The average Bonchev–Trinajstić information content (AvgIpc) is 3.41. The van der Waals surface area contributed by atoms with Gasteiger partial charge in [0.1, 0.15) is 23.9 Å². The molecule has 4 amide bonds. The summed E-state index contributed by atoms with van der Waals surface area (Å²) in [5.41, 5.74) is 6.90. The van der Waals surface area contributed by atoms with Crippen LogP contribution in [0.4, 0.5) is 0 Å². The minimum Gasteiger partial charge on any atom is -0.508 e. The Morgan fingerprint density at radius 3 is 2.34 bits per heavy atom. The van der Waals surface area contributed by atoms with Gasteiger partial charge in [-0.1, -0.05) is 32.4 Å². The molecule has 0 unspecified atom stereocenters. The molecule has 0 aliphatic heterocycles. The molecule has 0 bridgehead atoms. The minimum absolute atomic E-state index is 0.0805. The Labute approximate surface area is 227 Å². The van der Waals surface area contributed by atoms with Gasteiger partial charge in [0.2, 0.25) is 23.6 Å². The van der Waals surface area contributed by atoms with E-state index in [1.807, 2.05) is 20.1 Å². The lowest BCUT2D eigenvalue weighted by atomic mass is 9.97. The Balaban J connectivity index is 2.12. The second-order valence-corrected chi connectivity index (χ2v) is 10.2. The van der Waals surface area contributed by atoms with Gasteiger partial charge in [0.25, 0.3) is 0 Å². The van der Waals surface area contributed by atoms with Crippen LogP contribution in [0.1, 0.15) is 44.4 Å². The first-order chi connectivity index (χ1) is 18.1. The molecule has 0 aliphatic rings. The fourth-order valence-corrected chi connectivity index (χ4v) is 4.22. The van der Waals surface area contributed by atoms with Crippen LogP contribution in [-0.4, -0.2) is 68.8 Å². The van der Waals surface area contributed by atoms with E-state index in [0.29, 0.717) is 30.7 Å². The Kier molecular flexibility index (Phi) is 12.6. The van der Waals surface area contributed by atoms with E-state index in [1.165, 1.54) is 18.1 Å². The molecule has 0 fully saturated rings. The number of aromatic hydroxyl groups is 1. The number of nitrogens with two attached hydrogens (primary N) is 1. The van der Waals surface area contributed by atoms with Crippen molar-refractivity contribution in [1.29, 1.82) is 0 Å². The number of amides is 4. The van der Waals surface area contributed by atoms with Crippen LogP contribution in [0.2, 0.25) is 0 Å². The van der Waals surface area contributed by atoms with Crippen LogP contribution in [0.15, 0.2) is 36.8 Å². The number of nitrogens with zero attached hydrogens (tertiary/aromatic N) is 1. The summed E-state index contributed by atoms with van der Waals surface area (Å²) in [4.78, 5) is 58.1. The lowest BCUT2D eigenvalue weighted by Crippen LogP contribution is -2.58. The summed E-state index contributed by atoms with van der Waals surface area (Å²) in [7, 11) is 0. The molecular formula is C26H38N6O5S. The predicted octanol–water partition coefficient (Wildman–Crippen LogP) is 1.03. The van der Waals surface area contributed by atoms with Gasteiger partial charge in [0.15, 0.2) is 0 Å². The highest BCUT2D eigenvalue weighted by Crippen LogP contribution is 2.13. The number of thioether (sulfide) groups is 1. The molecule has 1 aromatic carbocycles. The van der Waals surface area contributed by atoms with Gasteiger partial charge in [-0.15, -0.1) is 0 Å². The first-order valence-corrected chi connectivity index (χ1v) is 14.0. The number of benzene rings is 1. The van der Waals surface area contributed by atoms with E-state index in [2.05, 4.69) is 25.9 Å². The smallest absolute Gasteiger partial charge is 0.243 e. The number of phenolic OH excluding ortho intramolecular Hbond substituents is 1. The number of primary amides is 1. The summed E-state index contributed by atoms with van der Waals surface area (Å²) in [6, 6.07) is 3.79. The van der Waals surface area contributed by atoms with Crippen molar-refractivity contribution in [2.45, 2.75) is 64.1 Å². The number of hydrogen-bond donors (Lipinski definition) is 6. The maximum atomic E-state index is 13.4. The third kappa shape index (κ3) is 10.1. The Bertz CT molecular complexity index is 1050. The predicted molar refractivity (Wildman–Crippen MR) is 146 cm³/mol. The second kappa shape index (κ2) is 15.7. The highest BCUT2D eigenvalue weighted by Gasteiger charge is 2.31. The summed E-state index contributed by atoms with van der Waals surface area (Å²) in [5.74, 6) is -1.47. The van der Waals surface area contributed by atoms with E-state index in [9.17, 15) is 24.3 Å². The molecule has 0 saturated heterocycles. The fourth-order valence-electron chi connectivity index (χ4n) is 3.74. The van der Waals surface area contributed by atoms with E-state index in [4.69, 9.17) is 5.73 Å². The van der Waals surface area contributed by atoms with Crippen LogP contribution < -0.4 is 21.7 Å². The number of imidazole rings is 1. The van der Waals surface area contributed by atoms with Crippen LogP contribution in [0.5, 0.6) is 5.75 Å². The summed E-state index contributed by atoms with van der Waals surface area (Å²) in [6.07, 6.45) is 6.61. The maximum absolute atomic E-state index is 13.4. The normalized spacial score (nSPS) is 14.1. The molecule has 2 rings (SSSR count). The number of rotatable bonds is 16. The molecule has 7 N–H and O–H groups in total. The number of H-pyrrole nitrogens is 1. The molecule has 1 aromatic heterocycles. The van der Waals surface area contributed by atoms with Crippen molar-refractivity contribution < 1.29 is 24.3 Å². The zero-order chi connectivity index (χ0) is 28.1. The second-order valence-electron chi connectivity index (χ2n) is 9.17. The Morgan fingerprint density at radius 1 is 1.08 bits per heavy atom. The lowest BCUT2D eigenvalue weighted by Gasteiger charge is -2.27. The van der Waals surface area contributed by atoms with Gasteiger partial charge < -0.3 is 31.8 Å². The van der Waals surface area contributed by atoms with Gasteiger partial charge in [-0.3, -0.25) is 19.2 Å². The summed E-state index contributed by atoms with van der Waals surface area (Å²) < 4.78 is 0. The topological polar surface area (TPSA) is 179 Å². The zero-order valence-electron chi connectivity index (χ0n) is 22.0. The van der Waals surface area contributed by atoms with Crippen molar-refractivity contribution in [1.82, 2.24) is 25.9 Å². The van der Waals surface area contributed by atoms with Crippen LogP contribution in [0, 0.1) is 5.92 Å².